The van der Waals surface area contributed by atoms with Crippen LogP contribution < -0.4 is 15.2 Å². The average molecular weight is 363 g/mol. The molecule has 4 nitrogen and oxygen atoms in total. The molecule has 0 radical (unpaired) electrons. The monoisotopic (exact) mass is 362 g/mol. The number of nitrogens with zero attached hydrogens (tertiary/aromatic N) is 1. The summed E-state index contributed by atoms with van der Waals surface area (Å²) >= 11 is 0. The second kappa shape index (κ2) is 8.97. The molecule has 1 heterocycles. The van der Waals surface area contributed by atoms with Crippen LogP contribution in [0.15, 0.2) is 18.2 Å². The van der Waals surface area contributed by atoms with Crippen molar-refractivity contribution in [3.63, 3.8) is 0 Å². The number of likely N-dealkylation sites (tertiary alicyclic amines) is 1. The highest BCUT2D eigenvalue weighted by molar-refractivity contribution is 5.85. The van der Waals surface area contributed by atoms with Crippen LogP contribution >= 0.6 is 24.8 Å². The summed E-state index contributed by atoms with van der Waals surface area (Å²) in [4.78, 5) is 2.44. The number of hydrogen-bond donors (Lipinski definition) is 1. The first-order chi connectivity index (χ1) is 10.2. The molecule has 0 spiro atoms. The highest BCUT2D eigenvalue weighted by Crippen LogP contribution is 2.40. The molecule has 2 N–H and O–H groups in total. The normalized spacial score (nSPS) is 23.8. The van der Waals surface area contributed by atoms with Gasteiger partial charge >= 0.3 is 0 Å². The van der Waals surface area contributed by atoms with Crippen LogP contribution in [0.5, 0.6) is 11.5 Å². The van der Waals surface area contributed by atoms with Gasteiger partial charge in [-0.15, -0.1) is 24.8 Å². The van der Waals surface area contributed by atoms with Crippen LogP contribution in [0.4, 0.5) is 0 Å². The lowest BCUT2D eigenvalue weighted by Crippen LogP contribution is -2.31. The van der Waals surface area contributed by atoms with Gasteiger partial charge in [-0.25, -0.2) is 0 Å². The Bertz CT molecular complexity index is 497. The molecular weight excluding hydrogens is 335 g/mol. The van der Waals surface area contributed by atoms with E-state index in [1.165, 1.54) is 18.4 Å². The third-order valence-corrected chi connectivity index (χ3v) is 4.70. The summed E-state index contributed by atoms with van der Waals surface area (Å²) in [6, 6.07) is 6.39. The molecular formula is C17H28Cl2N2O2. The number of nitrogens with two attached hydrogens (primary N) is 1. The smallest absolute Gasteiger partial charge is 0.161 e. The Hall–Kier alpha value is -0.680. The molecule has 0 amide bonds. The van der Waals surface area contributed by atoms with Crippen molar-refractivity contribution in [1.29, 1.82) is 0 Å². The SMILES string of the molecule is COc1cc(C)ccc1OCCN1C[C@H](C2CC2)[C@@H](N)C1.Cl.Cl. The topological polar surface area (TPSA) is 47.7 Å². The Labute approximate surface area is 151 Å². The summed E-state index contributed by atoms with van der Waals surface area (Å²) in [5, 5.41) is 0. The summed E-state index contributed by atoms with van der Waals surface area (Å²) in [6.45, 7) is 5.82. The first-order valence-electron chi connectivity index (χ1n) is 7.92. The lowest BCUT2D eigenvalue weighted by molar-refractivity contribution is 0.224. The van der Waals surface area contributed by atoms with E-state index in [-0.39, 0.29) is 24.8 Å². The largest absolute Gasteiger partial charge is 0.493 e. The van der Waals surface area contributed by atoms with Gasteiger partial charge in [-0.1, -0.05) is 6.07 Å². The van der Waals surface area contributed by atoms with Crippen molar-refractivity contribution >= 4 is 24.8 Å². The number of hydrogen-bond acceptors (Lipinski definition) is 4. The minimum absolute atomic E-state index is 0. The van der Waals surface area contributed by atoms with Crippen molar-refractivity contribution < 1.29 is 9.47 Å². The summed E-state index contributed by atoms with van der Waals surface area (Å²) in [6.07, 6.45) is 2.76. The number of ether oxygens (including phenoxy) is 2. The van der Waals surface area contributed by atoms with E-state index in [1.54, 1.807) is 7.11 Å². The maximum absolute atomic E-state index is 6.25. The zero-order valence-electron chi connectivity index (χ0n) is 13.9. The predicted molar refractivity (Wildman–Crippen MR) is 98.4 cm³/mol. The number of aryl methyl sites for hydroxylation is 1. The molecule has 6 heteroatoms. The third-order valence-electron chi connectivity index (χ3n) is 4.70. The van der Waals surface area contributed by atoms with Crippen LogP contribution in [0, 0.1) is 18.8 Å². The van der Waals surface area contributed by atoms with Crippen molar-refractivity contribution in [3.8, 4) is 11.5 Å². The maximum atomic E-state index is 6.25. The predicted octanol–water partition coefficient (Wildman–Crippen LogP) is 2.90. The van der Waals surface area contributed by atoms with Crippen molar-refractivity contribution in [2.24, 2.45) is 17.6 Å². The standard InChI is InChI=1S/C17H26N2O2.2ClH/c1-12-3-6-16(17(9-12)20-2)21-8-7-19-10-14(13-4-5-13)15(18)11-19;;/h3,6,9,13-15H,4-5,7-8,10-11,18H2,1-2H3;2*1H/t14-,15+;;/m1../s1. The molecule has 23 heavy (non-hydrogen) atoms. The molecule has 1 saturated heterocycles. The van der Waals surface area contributed by atoms with E-state index in [0.29, 0.717) is 18.6 Å². The number of methoxy groups -OCH3 is 1. The summed E-state index contributed by atoms with van der Waals surface area (Å²) in [5.74, 6) is 3.23. The minimum Gasteiger partial charge on any atom is -0.493 e. The van der Waals surface area contributed by atoms with E-state index in [4.69, 9.17) is 15.2 Å². The van der Waals surface area contributed by atoms with Gasteiger partial charge in [0.1, 0.15) is 6.61 Å². The van der Waals surface area contributed by atoms with E-state index in [1.807, 2.05) is 18.2 Å². The van der Waals surface area contributed by atoms with Crippen LogP contribution in [-0.2, 0) is 0 Å². The van der Waals surface area contributed by atoms with Gasteiger partial charge in [0, 0.05) is 25.7 Å². The quantitative estimate of drug-likeness (QED) is 0.844. The molecule has 2 fully saturated rings. The Morgan fingerprint density at radius 1 is 1.17 bits per heavy atom. The van der Waals surface area contributed by atoms with E-state index in [0.717, 1.165) is 37.1 Å². The van der Waals surface area contributed by atoms with Crippen LogP contribution in [0.3, 0.4) is 0 Å². The molecule has 132 valence electrons. The highest BCUT2D eigenvalue weighted by atomic mass is 35.5. The molecule has 0 bridgehead atoms. The molecule has 1 aromatic carbocycles. The summed E-state index contributed by atoms with van der Waals surface area (Å²) in [5.41, 5.74) is 7.43. The minimum atomic E-state index is 0. The Morgan fingerprint density at radius 2 is 1.91 bits per heavy atom. The molecule has 1 aliphatic heterocycles. The number of rotatable bonds is 6. The first kappa shape index (κ1) is 20.4. The summed E-state index contributed by atoms with van der Waals surface area (Å²) < 4.78 is 11.2. The molecule has 1 aromatic rings. The Kier molecular flexibility index (Phi) is 7.95. The second-order valence-corrected chi connectivity index (χ2v) is 6.43. The van der Waals surface area contributed by atoms with Gasteiger partial charge in [-0.05, 0) is 49.3 Å². The van der Waals surface area contributed by atoms with Gasteiger partial charge in [0.2, 0.25) is 0 Å². The van der Waals surface area contributed by atoms with Gasteiger partial charge in [0.05, 0.1) is 7.11 Å². The van der Waals surface area contributed by atoms with Crippen LogP contribution in [0.25, 0.3) is 0 Å². The van der Waals surface area contributed by atoms with Crippen molar-refractivity contribution in [3.05, 3.63) is 23.8 Å². The van der Waals surface area contributed by atoms with Crippen LogP contribution in [0.1, 0.15) is 18.4 Å². The molecule has 0 unspecified atom stereocenters. The lowest BCUT2D eigenvalue weighted by atomic mass is 9.99. The van der Waals surface area contributed by atoms with Gasteiger partial charge in [-0.2, -0.15) is 0 Å². The average Bonchev–Trinajstić information content (AvgIpc) is 3.24. The molecule has 3 rings (SSSR count). The molecule has 1 aliphatic carbocycles. The Balaban J connectivity index is 0.00000132. The van der Waals surface area contributed by atoms with Crippen molar-refractivity contribution in [1.82, 2.24) is 4.90 Å². The zero-order chi connectivity index (χ0) is 14.8. The zero-order valence-corrected chi connectivity index (χ0v) is 15.5. The second-order valence-electron chi connectivity index (χ2n) is 6.43. The van der Waals surface area contributed by atoms with Crippen molar-refractivity contribution in [2.45, 2.75) is 25.8 Å². The molecule has 0 aromatic heterocycles. The van der Waals surface area contributed by atoms with Gasteiger partial charge < -0.3 is 15.2 Å². The Morgan fingerprint density at radius 3 is 2.57 bits per heavy atom. The molecule has 2 atom stereocenters. The maximum Gasteiger partial charge on any atom is 0.161 e. The van der Waals surface area contributed by atoms with E-state index in [9.17, 15) is 0 Å². The number of benzene rings is 1. The van der Waals surface area contributed by atoms with Crippen LogP contribution in [-0.4, -0.2) is 44.3 Å². The fourth-order valence-electron chi connectivity index (χ4n) is 3.33. The van der Waals surface area contributed by atoms with E-state index in [2.05, 4.69) is 11.8 Å². The van der Waals surface area contributed by atoms with Gasteiger partial charge in [-0.3, -0.25) is 4.90 Å². The third kappa shape index (κ3) is 5.15. The van der Waals surface area contributed by atoms with Crippen LogP contribution in [0.2, 0.25) is 0 Å². The number of halogens is 2. The van der Waals surface area contributed by atoms with E-state index >= 15 is 0 Å². The summed E-state index contributed by atoms with van der Waals surface area (Å²) in [7, 11) is 1.68. The fourth-order valence-corrected chi connectivity index (χ4v) is 3.33. The molecule has 2 aliphatic rings. The van der Waals surface area contributed by atoms with E-state index < -0.39 is 0 Å². The lowest BCUT2D eigenvalue weighted by Gasteiger charge is -2.17. The van der Waals surface area contributed by atoms with Gasteiger partial charge in [0.15, 0.2) is 11.5 Å². The fraction of sp³-hybridized carbons (Fsp3) is 0.647. The van der Waals surface area contributed by atoms with Crippen molar-refractivity contribution in [2.75, 3.05) is 33.4 Å². The first-order valence-corrected chi connectivity index (χ1v) is 7.92. The molecule has 1 saturated carbocycles. The van der Waals surface area contributed by atoms with Gasteiger partial charge in [0.25, 0.3) is 0 Å². The highest BCUT2D eigenvalue weighted by Gasteiger charge is 2.40.